The van der Waals surface area contributed by atoms with E-state index in [9.17, 15) is 9.59 Å². The molecule has 0 unspecified atom stereocenters. The summed E-state index contributed by atoms with van der Waals surface area (Å²) in [6.07, 6.45) is 0. The van der Waals surface area contributed by atoms with E-state index in [1.54, 1.807) is 48.5 Å². The predicted molar refractivity (Wildman–Crippen MR) is 100 cm³/mol. The zero-order valence-corrected chi connectivity index (χ0v) is 15.4. The molecule has 1 amide bonds. The molecule has 0 aromatic heterocycles. The fraction of sp³-hybridized carbons (Fsp3) is 0.300. The average Bonchev–Trinajstić information content (AvgIpc) is 2.68. The fourth-order valence-corrected chi connectivity index (χ4v) is 2.13. The first-order valence-corrected chi connectivity index (χ1v) is 8.64. The molecule has 27 heavy (non-hydrogen) atoms. The van der Waals surface area contributed by atoms with E-state index in [-0.39, 0.29) is 6.61 Å². The van der Waals surface area contributed by atoms with E-state index in [2.05, 4.69) is 5.32 Å². The number of anilines is 1. The molecule has 2 aromatic carbocycles. The highest BCUT2D eigenvalue weighted by molar-refractivity contribution is 5.92. The molecule has 144 valence electrons. The molecule has 2 aromatic rings. The second kappa shape index (κ2) is 10.7. The summed E-state index contributed by atoms with van der Waals surface area (Å²) >= 11 is 0. The van der Waals surface area contributed by atoms with Crippen molar-refractivity contribution in [2.75, 3.05) is 31.7 Å². The lowest BCUT2D eigenvalue weighted by atomic mass is 10.3. The highest BCUT2D eigenvalue weighted by Gasteiger charge is 2.09. The predicted octanol–water partition coefficient (Wildman–Crippen LogP) is 3.04. The van der Waals surface area contributed by atoms with Crippen molar-refractivity contribution >= 4 is 17.6 Å². The number of hydrogen-bond donors (Lipinski definition) is 1. The van der Waals surface area contributed by atoms with Gasteiger partial charge in [0, 0.05) is 5.69 Å². The van der Waals surface area contributed by atoms with Crippen LogP contribution in [0.1, 0.15) is 13.8 Å². The smallest absolute Gasteiger partial charge is 0.344 e. The Balaban J connectivity index is 1.69. The van der Waals surface area contributed by atoms with Gasteiger partial charge in [-0.25, -0.2) is 4.79 Å². The van der Waals surface area contributed by atoms with Crippen molar-refractivity contribution in [1.82, 2.24) is 0 Å². The molecule has 1 N–H and O–H groups in total. The van der Waals surface area contributed by atoms with E-state index in [0.29, 0.717) is 30.4 Å². The van der Waals surface area contributed by atoms with Crippen LogP contribution in [-0.2, 0) is 14.3 Å². The Morgan fingerprint density at radius 2 is 1.22 bits per heavy atom. The van der Waals surface area contributed by atoms with Crippen molar-refractivity contribution in [3.8, 4) is 17.2 Å². The summed E-state index contributed by atoms with van der Waals surface area (Å²) in [4.78, 5) is 23.5. The van der Waals surface area contributed by atoms with Gasteiger partial charge in [0.25, 0.3) is 5.91 Å². The standard InChI is InChI=1S/C20H23NO6/c1-3-24-16-7-5-15(6-8-16)21-19(22)13-27-20(23)14-26-18-11-9-17(10-12-18)25-4-2/h5-12H,3-4,13-14H2,1-2H3,(H,21,22). The number of carbonyl (C=O) groups excluding carboxylic acids is 2. The van der Waals surface area contributed by atoms with Crippen LogP contribution in [0, 0.1) is 0 Å². The Labute approximate surface area is 158 Å². The van der Waals surface area contributed by atoms with E-state index in [1.807, 2.05) is 13.8 Å². The molecular formula is C20H23NO6. The van der Waals surface area contributed by atoms with Crippen LogP contribution in [0.3, 0.4) is 0 Å². The van der Waals surface area contributed by atoms with Crippen molar-refractivity contribution < 1.29 is 28.5 Å². The van der Waals surface area contributed by atoms with Crippen LogP contribution in [0.25, 0.3) is 0 Å². The number of esters is 1. The summed E-state index contributed by atoms with van der Waals surface area (Å²) in [7, 11) is 0. The third-order valence-corrected chi connectivity index (χ3v) is 3.30. The Kier molecular flexibility index (Phi) is 7.96. The van der Waals surface area contributed by atoms with Gasteiger partial charge in [0.05, 0.1) is 13.2 Å². The minimum atomic E-state index is -0.634. The van der Waals surface area contributed by atoms with Crippen LogP contribution in [0.2, 0.25) is 0 Å². The molecule has 0 aliphatic rings. The summed E-state index contributed by atoms with van der Waals surface area (Å²) in [6.45, 7) is 4.25. The molecular weight excluding hydrogens is 350 g/mol. The van der Waals surface area contributed by atoms with Crippen LogP contribution in [0.5, 0.6) is 17.2 Å². The third-order valence-electron chi connectivity index (χ3n) is 3.30. The van der Waals surface area contributed by atoms with E-state index < -0.39 is 18.5 Å². The first-order chi connectivity index (χ1) is 13.1. The molecule has 0 radical (unpaired) electrons. The van der Waals surface area contributed by atoms with Crippen LogP contribution < -0.4 is 19.5 Å². The van der Waals surface area contributed by atoms with E-state index in [4.69, 9.17) is 18.9 Å². The Morgan fingerprint density at radius 1 is 0.741 bits per heavy atom. The summed E-state index contributed by atoms with van der Waals surface area (Å²) in [5.41, 5.74) is 0.588. The molecule has 7 heteroatoms. The van der Waals surface area contributed by atoms with Gasteiger partial charge in [-0.3, -0.25) is 4.79 Å². The number of hydrogen-bond acceptors (Lipinski definition) is 6. The van der Waals surface area contributed by atoms with Gasteiger partial charge in [-0.05, 0) is 62.4 Å². The number of ether oxygens (including phenoxy) is 4. The zero-order valence-electron chi connectivity index (χ0n) is 15.4. The van der Waals surface area contributed by atoms with Gasteiger partial charge in [-0.2, -0.15) is 0 Å². The number of nitrogens with one attached hydrogen (secondary N) is 1. The van der Waals surface area contributed by atoms with Crippen molar-refractivity contribution in [3.05, 3.63) is 48.5 Å². The van der Waals surface area contributed by atoms with Crippen LogP contribution in [0.4, 0.5) is 5.69 Å². The maximum Gasteiger partial charge on any atom is 0.344 e. The topological polar surface area (TPSA) is 83.1 Å². The van der Waals surface area contributed by atoms with Gasteiger partial charge in [0.2, 0.25) is 0 Å². The van der Waals surface area contributed by atoms with E-state index in [0.717, 1.165) is 5.75 Å². The lowest BCUT2D eigenvalue weighted by molar-refractivity contribution is -0.149. The molecule has 0 aliphatic heterocycles. The minimum Gasteiger partial charge on any atom is -0.494 e. The summed E-state index contributed by atoms with van der Waals surface area (Å²) < 4.78 is 20.9. The SMILES string of the molecule is CCOc1ccc(NC(=O)COC(=O)COc2ccc(OCC)cc2)cc1. The van der Waals surface area contributed by atoms with Gasteiger partial charge in [-0.15, -0.1) is 0 Å². The second-order valence-corrected chi connectivity index (χ2v) is 5.36. The first kappa shape index (κ1) is 20.1. The lowest BCUT2D eigenvalue weighted by Gasteiger charge is -2.09. The zero-order chi connectivity index (χ0) is 19.5. The second-order valence-electron chi connectivity index (χ2n) is 5.36. The largest absolute Gasteiger partial charge is 0.494 e. The molecule has 0 bridgehead atoms. The quantitative estimate of drug-likeness (QED) is 0.645. The van der Waals surface area contributed by atoms with Gasteiger partial charge in [0.15, 0.2) is 13.2 Å². The molecule has 0 heterocycles. The number of amides is 1. The number of benzene rings is 2. The first-order valence-electron chi connectivity index (χ1n) is 8.64. The fourth-order valence-electron chi connectivity index (χ4n) is 2.13. The van der Waals surface area contributed by atoms with Crippen LogP contribution >= 0.6 is 0 Å². The van der Waals surface area contributed by atoms with Crippen molar-refractivity contribution in [2.45, 2.75) is 13.8 Å². The van der Waals surface area contributed by atoms with E-state index >= 15 is 0 Å². The average molecular weight is 373 g/mol. The Hall–Kier alpha value is -3.22. The highest BCUT2D eigenvalue weighted by Crippen LogP contribution is 2.17. The maximum absolute atomic E-state index is 11.8. The molecule has 7 nitrogen and oxygen atoms in total. The van der Waals surface area contributed by atoms with Gasteiger partial charge >= 0.3 is 5.97 Å². The molecule has 0 spiro atoms. The van der Waals surface area contributed by atoms with Gasteiger partial charge in [-0.1, -0.05) is 0 Å². The normalized spacial score (nSPS) is 10.0. The third kappa shape index (κ3) is 7.27. The Morgan fingerprint density at radius 3 is 1.74 bits per heavy atom. The lowest BCUT2D eigenvalue weighted by Crippen LogP contribution is -2.23. The van der Waals surface area contributed by atoms with Gasteiger partial charge < -0.3 is 24.3 Å². The van der Waals surface area contributed by atoms with Crippen molar-refractivity contribution in [2.24, 2.45) is 0 Å². The highest BCUT2D eigenvalue weighted by atomic mass is 16.6. The van der Waals surface area contributed by atoms with Crippen molar-refractivity contribution in [3.63, 3.8) is 0 Å². The minimum absolute atomic E-state index is 0.287. The molecule has 0 atom stereocenters. The van der Waals surface area contributed by atoms with Gasteiger partial charge in [0.1, 0.15) is 17.2 Å². The molecule has 0 saturated carbocycles. The summed E-state index contributed by atoms with van der Waals surface area (Å²) in [6, 6.07) is 13.8. The van der Waals surface area contributed by atoms with E-state index in [1.165, 1.54) is 0 Å². The maximum atomic E-state index is 11.8. The molecule has 0 fully saturated rings. The number of carbonyl (C=O) groups is 2. The Bertz CT molecular complexity index is 727. The number of rotatable bonds is 10. The molecule has 0 aliphatic carbocycles. The molecule has 2 rings (SSSR count). The van der Waals surface area contributed by atoms with Crippen molar-refractivity contribution in [1.29, 1.82) is 0 Å². The summed E-state index contributed by atoms with van der Waals surface area (Å²) in [5, 5.41) is 2.63. The van der Waals surface area contributed by atoms with Crippen LogP contribution in [-0.4, -0.2) is 38.3 Å². The monoisotopic (exact) mass is 373 g/mol. The molecule has 0 saturated heterocycles. The summed E-state index contributed by atoms with van der Waals surface area (Å²) in [5.74, 6) is 0.875. The van der Waals surface area contributed by atoms with Crippen LogP contribution in [0.15, 0.2) is 48.5 Å².